The SMILES string of the molecule is CNC(=O)C(CC(C)C)C(CCC1CCCC1)C(N)=O. The molecule has 0 aromatic rings. The number of nitrogens with two attached hydrogens (primary N) is 1. The summed E-state index contributed by atoms with van der Waals surface area (Å²) >= 11 is 0. The minimum absolute atomic E-state index is 0.0473. The Balaban J connectivity index is 2.67. The van der Waals surface area contributed by atoms with E-state index in [-0.39, 0.29) is 23.7 Å². The van der Waals surface area contributed by atoms with Crippen molar-refractivity contribution >= 4 is 11.8 Å². The molecule has 3 N–H and O–H groups in total. The molecule has 4 heteroatoms. The van der Waals surface area contributed by atoms with Crippen molar-refractivity contribution in [2.45, 2.75) is 58.8 Å². The first-order chi connectivity index (χ1) is 9.45. The third-order valence-electron chi connectivity index (χ3n) is 4.52. The van der Waals surface area contributed by atoms with Crippen molar-refractivity contribution in [3.05, 3.63) is 0 Å². The summed E-state index contributed by atoms with van der Waals surface area (Å²) in [4.78, 5) is 23.9. The first-order valence-electron chi connectivity index (χ1n) is 7.96. The summed E-state index contributed by atoms with van der Waals surface area (Å²) in [6.07, 6.45) is 7.64. The zero-order chi connectivity index (χ0) is 15.1. The summed E-state index contributed by atoms with van der Waals surface area (Å²) in [5, 5.41) is 2.69. The highest BCUT2D eigenvalue weighted by atomic mass is 16.2. The van der Waals surface area contributed by atoms with Crippen LogP contribution in [0.3, 0.4) is 0 Å². The predicted octanol–water partition coefficient (Wildman–Crippen LogP) is 2.47. The molecule has 2 atom stereocenters. The van der Waals surface area contributed by atoms with Crippen LogP contribution in [0.2, 0.25) is 0 Å². The molecule has 0 aromatic carbocycles. The molecule has 1 rings (SSSR count). The predicted molar refractivity (Wildman–Crippen MR) is 80.9 cm³/mol. The summed E-state index contributed by atoms with van der Waals surface area (Å²) in [6, 6.07) is 0. The van der Waals surface area contributed by atoms with E-state index in [0.717, 1.165) is 25.2 Å². The zero-order valence-corrected chi connectivity index (χ0v) is 13.2. The Hall–Kier alpha value is -1.06. The smallest absolute Gasteiger partial charge is 0.223 e. The largest absolute Gasteiger partial charge is 0.369 e. The first kappa shape index (κ1) is 17.0. The first-order valence-corrected chi connectivity index (χ1v) is 7.96. The van der Waals surface area contributed by atoms with Gasteiger partial charge in [-0.2, -0.15) is 0 Å². The van der Waals surface area contributed by atoms with Crippen LogP contribution < -0.4 is 11.1 Å². The van der Waals surface area contributed by atoms with Gasteiger partial charge in [-0.15, -0.1) is 0 Å². The van der Waals surface area contributed by atoms with Gasteiger partial charge in [0.1, 0.15) is 0 Å². The average Bonchev–Trinajstić information content (AvgIpc) is 2.89. The van der Waals surface area contributed by atoms with Crippen LogP contribution in [0.1, 0.15) is 58.8 Å². The number of nitrogens with one attached hydrogen (secondary N) is 1. The van der Waals surface area contributed by atoms with Crippen LogP contribution in [0.25, 0.3) is 0 Å². The highest BCUT2D eigenvalue weighted by molar-refractivity contribution is 5.86. The number of hydrogen-bond acceptors (Lipinski definition) is 2. The Bertz CT molecular complexity index is 322. The van der Waals surface area contributed by atoms with Gasteiger partial charge >= 0.3 is 0 Å². The monoisotopic (exact) mass is 282 g/mol. The lowest BCUT2D eigenvalue weighted by Gasteiger charge is -2.25. The second-order valence-electron chi connectivity index (χ2n) is 6.59. The van der Waals surface area contributed by atoms with Crippen molar-refractivity contribution < 1.29 is 9.59 Å². The van der Waals surface area contributed by atoms with Crippen LogP contribution in [0.15, 0.2) is 0 Å². The van der Waals surface area contributed by atoms with Gasteiger partial charge in [0.2, 0.25) is 11.8 Å². The molecule has 1 fully saturated rings. The third kappa shape index (κ3) is 5.14. The maximum Gasteiger partial charge on any atom is 0.223 e. The van der Waals surface area contributed by atoms with Crippen LogP contribution >= 0.6 is 0 Å². The Morgan fingerprint density at radius 1 is 1.20 bits per heavy atom. The van der Waals surface area contributed by atoms with E-state index < -0.39 is 0 Å². The maximum absolute atomic E-state index is 12.1. The number of hydrogen-bond donors (Lipinski definition) is 2. The topological polar surface area (TPSA) is 72.2 Å². The van der Waals surface area contributed by atoms with Gasteiger partial charge in [0.25, 0.3) is 0 Å². The fraction of sp³-hybridized carbons (Fsp3) is 0.875. The Morgan fingerprint density at radius 3 is 2.25 bits per heavy atom. The zero-order valence-electron chi connectivity index (χ0n) is 13.2. The van der Waals surface area contributed by atoms with Gasteiger partial charge in [-0.3, -0.25) is 9.59 Å². The van der Waals surface area contributed by atoms with Crippen LogP contribution in [0.5, 0.6) is 0 Å². The van der Waals surface area contributed by atoms with E-state index in [1.54, 1.807) is 7.05 Å². The van der Waals surface area contributed by atoms with Crippen molar-refractivity contribution in [3.8, 4) is 0 Å². The van der Waals surface area contributed by atoms with E-state index >= 15 is 0 Å². The van der Waals surface area contributed by atoms with E-state index in [4.69, 9.17) is 5.73 Å². The van der Waals surface area contributed by atoms with Gasteiger partial charge in [-0.1, -0.05) is 39.5 Å². The lowest BCUT2D eigenvalue weighted by atomic mass is 9.80. The molecular formula is C16H30N2O2. The van der Waals surface area contributed by atoms with Crippen molar-refractivity contribution in [1.82, 2.24) is 5.32 Å². The number of amides is 2. The lowest BCUT2D eigenvalue weighted by Crippen LogP contribution is -2.40. The Labute approximate surface area is 122 Å². The molecule has 1 aliphatic rings. The molecule has 0 bridgehead atoms. The molecule has 2 unspecified atom stereocenters. The van der Waals surface area contributed by atoms with Crippen LogP contribution in [-0.2, 0) is 9.59 Å². The van der Waals surface area contributed by atoms with Crippen molar-refractivity contribution in [3.63, 3.8) is 0 Å². The molecule has 0 heterocycles. The number of carbonyl (C=O) groups excluding carboxylic acids is 2. The fourth-order valence-electron chi connectivity index (χ4n) is 3.40. The van der Waals surface area contributed by atoms with Crippen LogP contribution in [-0.4, -0.2) is 18.9 Å². The molecule has 0 aliphatic heterocycles. The van der Waals surface area contributed by atoms with Gasteiger partial charge in [-0.25, -0.2) is 0 Å². The lowest BCUT2D eigenvalue weighted by molar-refractivity contribution is -0.134. The van der Waals surface area contributed by atoms with Gasteiger partial charge < -0.3 is 11.1 Å². The molecule has 4 nitrogen and oxygen atoms in total. The van der Waals surface area contributed by atoms with E-state index in [1.165, 1.54) is 25.7 Å². The van der Waals surface area contributed by atoms with E-state index in [9.17, 15) is 9.59 Å². The van der Waals surface area contributed by atoms with Gasteiger partial charge in [0.05, 0.1) is 0 Å². The number of primary amides is 1. The van der Waals surface area contributed by atoms with Gasteiger partial charge in [-0.05, 0) is 31.1 Å². The fourth-order valence-corrected chi connectivity index (χ4v) is 3.40. The number of rotatable bonds is 8. The van der Waals surface area contributed by atoms with E-state index in [1.807, 2.05) is 0 Å². The summed E-state index contributed by atoms with van der Waals surface area (Å²) in [6.45, 7) is 4.15. The number of carbonyl (C=O) groups is 2. The van der Waals surface area contributed by atoms with Crippen molar-refractivity contribution in [1.29, 1.82) is 0 Å². The second kappa shape index (κ2) is 8.28. The Kier molecular flexibility index (Phi) is 7.03. The highest BCUT2D eigenvalue weighted by Gasteiger charge is 2.32. The molecule has 1 saturated carbocycles. The molecule has 2 amide bonds. The molecule has 0 saturated heterocycles. The van der Waals surface area contributed by atoms with Crippen molar-refractivity contribution in [2.75, 3.05) is 7.05 Å². The molecule has 20 heavy (non-hydrogen) atoms. The maximum atomic E-state index is 12.1. The standard InChI is InChI=1S/C16H30N2O2/c1-11(2)10-14(16(20)18-3)13(15(17)19)9-8-12-6-4-5-7-12/h11-14H,4-10H2,1-3H3,(H2,17,19)(H,18,20). The normalized spacial score (nSPS) is 19.0. The molecule has 0 aromatic heterocycles. The van der Waals surface area contributed by atoms with E-state index in [0.29, 0.717) is 5.92 Å². The Morgan fingerprint density at radius 2 is 1.80 bits per heavy atom. The summed E-state index contributed by atoms with van der Waals surface area (Å²) in [7, 11) is 1.63. The average molecular weight is 282 g/mol. The minimum Gasteiger partial charge on any atom is -0.369 e. The van der Waals surface area contributed by atoms with Crippen molar-refractivity contribution in [2.24, 2.45) is 29.4 Å². The quantitative estimate of drug-likeness (QED) is 0.718. The second-order valence-corrected chi connectivity index (χ2v) is 6.59. The molecule has 1 aliphatic carbocycles. The summed E-state index contributed by atoms with van der Waals surface area (Å²) < 4.78 is 0. The van der Waals surface area contributed by atoms with Gasteiger partial charge in [0.15, 0.2) is 0 Å². The molecule has 0 spiro atoms. The molecular weight excluding hydrogens is 252 g/mol. The minimum atomic E-state index is -0.322. The summed E-state index contributed by atoms with van der Waals surface area (Å²) in [5.41, 5.74) is 5.57. The third-order valence-corrected chi connectivity index (χ3v) is 4.52. The van der Waals surface area contributed by atoms with E-state index in [2.05, 4.69) is 19.2 Å². The summed E-state index contributed by atoms with van der Waals surface area (Å²) in [5.74, 6) is 0.134. The highest BCUT2D eigenvalue weighted by Crippen LogP contribution is 2.32. The molecule has 116 valence electrons. The van der Waals surface area contributed by atoms with Crippen LogP contribution in [0.4, 0.5) is 0 Å². The van der Waals surface area contributed by atoms with Gasteiger partial charge in [0, 0.05) is 18.9 Å². The molecule has 0 radical (unpaired) electrons. The van der Waals surface area contributed by atoms with Crippen LogP contribution in [0, 0.1) is 23.7 Å².